The molecule has 0 saturated heterocycles. The Morgan fingerprint density at radius 2 is 1.68 bits per heavy atom. The molecule has 0 aliphatic carbocycles. The van der Waals surface area contributed by atoms with Gasteiger partial charge >= 0.3 is 11.9 Å². The first-order chi connectivity index (χ1) is 11.8. The van der Waals surface area contributed by atoms with Crippen LogP contribution in [0.25, 0.3) is 0 Å². The van der Waals surface area contributed by atoms with E-state index in [0.717, 1.165) is 10.0 Å². The van der Waals surface area contributed by atoms with Crippen LogP contribution in [0.5, 0.6) is 5.75 Å². The van der Waals surface area contributed by atoms with Gasteiger partial charge in [-0.25, -0.2) is 4.79 Å². The van der Waals surface area contributed by atoms with Crippen molar-refractivity contribution >= 4 is 33.8 Å². The monoisotopic (exact) mass is 405 g/mol. The molecule has 2 aromatic carbocycles. The van der Waals surface area contributed by atoms with E-state index in [1.54, 1.807) is 12.1 Å². The number of ether oxygens (including phenoxy) is 1. The molecule has 130 valence electrons. The molecule has 7 heteroatoms. The second-order valence-electron chi connectivity index (χ2n) is 5.31. The molecule has 0 aliphatic rings. The number of amides is 1. The molecule has 0 radical (unpaired) electrons. The van der Waals surface area contributed by atoms with E-state index in [1.165, 1.54) is 31.2 Å². The van der Waals surface area contributed by atoms with E-state index in [4.69, 9.17) is 4.74 Å². The van der Waals surface area contributed by atoms with Gasteiger partial charge in [0.2, 0.25) is 0 Å². The predicted molar refractivity (Wildman–Crippen MR) is 94.5 cm³/mol. The fourth-order valence-electron chi connectivity index (χ4n) is 2.14. The Morgan fingerprint density at radius 3 is 2.20 bits per heavy atom. The van der Waals surface area contributed by atoms with Crippen LogP contribution in [-0.4, -0.2) is 29.0 Å². The van der Waals surface area contributed by atoms with Gasteiger partial charge in [-0.3, -0.25) is 9.59 Å². The van der Waals surface area contributed by atoms with Gasteiger partial charge in [-0.15, -0.1) is 0 Å². The average Bonchev–Trinajstić information content (AvgIpc) is 2.56. The number of carbonyl (C=O) groups excluding carboxylic acids is 2. The Bertz CT molecular complexity index is 771. The fraction of sp³-hybridized carbons (Fsp3) is 0.167. The van der Waals surface area contributed by atoms with Crippen molar-refractivity contribution in [3.8, 4) is 5.75 Å². The van der Waals surface area contributed by atoms with Gasteiger partial charge in [0, 0.05) is 23.4 Å². The van der Waals surface area contributed by atoms with Crippen LogP contribution in [0.1, 0.15) is 22.8 Å². The minimum Gasteiger partial charge on any atom is -0.480 e. The van der Waals surface area contributed by atoms with E-state index in [1.807, 2.05) is 12.1 Å². The normalized spacial score (nSPS) is 11.4. The summed E-state index contributed by atoms with van der Waals surface area (Å²) in [7, 11) is 0. The zero-order valence-electron chi connectivity index (χ0n) is 13.4. The third-order valence-electron chi connectivity index (χ3n) is 3.33. The molecule has 0 heterocycles. The SMILES string of the molecule is CC(=O)Oc1ccc(C(=O)N[C@@H](Cc2ccc(Br)cc2)C(=O)O)cc1. The fourth-order valence-corrected chi connectivity index (χ4v) is 2.40. The van der Waals surface area contributed by atoms with Gasteiger partial charge < -0.3 is 15.2 Å². The number of hydrogen-bond acceptors (Lipinski definition) is 4. The summed E-state index contributed by atoms with van der Waals surface area (Å²) >= 11 is 3.31. The lowest BCUT2D eigenvalue weighted by Crippen LogP contribution is -2.42. The maximum atomic E-state index is 12.2. The smallest absolute Gasteiger partial charge is 0.326 e. The van der Waals surface area contributed by atoms with E-state index >= 15 is 0 Å². The lowest BCUT2D eigenvalue weighted by atomic mass is 10.1. The Morgan fingerprint density at radius 1 is 1.08 bits per heavy atom. The van der Waals surface area contributed by atoms with Crippen LogP contribution < -0.4 is 10.1 Å². The maximum Gasteiger partial charge on any atom is 0.326 e. The number of benzene rings is 2. The highest BCUT2D eigenvalue weighted by Gasteiger charge is 2.21. The van der Waals surface area contributed by atoms with Crippen LogP contribution in [0.15, 0.2) is 53.0 Å². The van der Waals surface area contributed by atoms with Crippen LogP contribution in [0.2, 0.25) is 0 Å². The van der Waals surface area contributed by atoms with E-state index in [9.17, 15) is 19.5 Å². The molecule has 1 atom stereocenters. The molecule has 0 spiro atoms. The zero-order chi connectivity index (χ0) is 18.4. The summed E-state index contributed by atoms with van der Waals surface area (Å²) in [5, 5.41) is 11.8. The average molecular weight is 406 g/mol. The molecule has 0 aliphatic heterocycles. The molecule has 0 saturated carbocycles. The van der Waals surface area contributed by atoms with E-state index in [0.29, 0.717) is 5.75 Å². The number of esters is 1. The summed E-state index contributed by atoms with van der Waals surface area (Å²) in [6.07, 6.45) is 0.167. The van der Waals surface area contributed by atoms with Crippen LogP contribution in [0.4, 0.5) is 0 Å². The van der Waals surface area contributed by atoms with Crippen molar-refractivity contribution in [1.29, 1.82) is 0 Å². The van der Waals surface area contributed by atoms with Crippen molar-refractivity contribution in [2.75, 3.05) is 0 Å². The number of carboxylic acid groups (broad SMARTS) is 1. The molecule has 25 heavy (non-hydrogen) atoms. The molecule has 1 amide bonds. The van der Waals surface area contributed by atoms with Crippen LogP contribution >= 0.6 is 15.9 Å². The minimum atomic E-state index is -1.12. The molecular weight excluding hydrogens is 390 g/mol. The summed E-state index contributed by atoms with van der Waals surface area (Å²) in [6, 6.07) is 12.0. The number of carbonyl (C=O) groups is 3. The highest BCUT2D eigenvalue weighted by molar-refractivity contribution is 9.10. The number of aliphatic carboxylic acids is 1. The third-order valence-corrected chi connectivity index (χ3v) is 3.86. The quantitative estimate of drug-likeness (QED) is 0.569. The second-order valence-corrected chi connectivity index (χ2v) is 6.23. The highest BCUT2D eigenvalue weighted by Crippen LogP contribution is 2.14. The van der Waals surface area contributed by atoms with Gasteiger partial charge in [-0.2, -0.15) is 0 Å². The van der Waals surface area contributed by atoms with Crippen molar-refractivity contribution in [3.63, 3.8) is 0 Å². The van der Waals surface area contributed by atoms with Crippen LogP contribution in [-0.2, 0) is 16.0 Å². The zero-order valence-corrected chi connectivity index (χ0v) is 14.9. The molecular formula is C18H16BrNO5. The topological polar surface area (TPSA) is 92.7 Å². The Hall–Kier alpha value is -2.67. The summed E-state index contributed by atoms with van der Waals surface area (Å²) < 4.78 is 5.78. The summed E-state index contributed by atoms with van der Waals surface area (Å²) in [5.41, 5.74) is 1.07. The van der Waals surface area contributed by atoms with Crippen molar-refractivity contribution in [2.45, 2.75) is 19.4 Å². The summed E-state index contributed by atoms with van der Waals surface area (Å²) in [6.45, 7) is 1.28. The van der Waals surface area contributed by atoms with Gasteiger partial charge in [-0.1, -0.05) is 28.1 Å². The number of hydrogen-bond donors (Lipinski definition) is 2. The summed E-state index contributed by atoms with van der Waals surface area (Å²) in [5.74, 6) is -1.78. The summed E-state index contributed by atoms with van der Waals surface area (Å²) in [4.78, 5) is 34.6. The minimum absolute atomic E-state index is 0.167. The number of rotatable bonds is 6. The standard InChI is InChI=1S/C18H16BrNO5/c1-11(21)25-15-8-4-13(5-9-15)17(22)20-16(18(23)24)10-12-2-6-14(19)7-3-12/h2-9,16H,10H2,1H3,(H,20,22)(H,23,24)/t16-/m0/s1. The molecule has 0 aromatic heterocycles. The molecule has 0 bridgehead atoms. The number of halogens is 1. The first-order valence-corrected chi connectivity index (χ1v) is 8.21. The Kier molecular flexibility index (Phi) is 6.30. The third kappa shape index (κ3) is 5.72. The Balaban J connectivity index is 2.05. The molecule has 2 N–H and O–H groups in total. The van der Waals surface area contributed by atoms with E-state index in [-0.39, 0.29) is 12.0 Å². The predicted octanol–water partition coefficient (Wildman–Crippen LogP) is 2.80. The van der Waals surface area contributed by atoms with Crippen LogP contribution in [0.3, 0.4) is 0 Å². The van der Waals surface area contributed by atoms with Gasteiger partial charge in [0.25, 0.3) is 5.91 Å². The molecule has 2 aromatic rings. The molecule has 6 nitrogen and oxygen atoms in total. The van der Waals surface area contributed by atoms with Crippen molar-refractivity contribution in [2.24, 2.45) is 0 Å². The lowest BCUT2D eigenvalue weighted by molar-refractivity contribution is -0.139. The molecule has 0 unspecified atom stereocenters. The van der Waals surface area contributed by atoms with Gasteiger partial charge in [0.1, 0.15) is 11.8 Å². The van der Waals surface area contributed by atoms with E-state index < -0.39 is 23.9 Å². The van der Waals surface area contributed by atoms with Gasteiger partial charge in [0.05, 0.1) is 0 Å². The van der Waals surface area contributed by atoms with Crippen molar-refractivity contribution in [1.82, 2.24) is 5.32 Å². The molecule has 2 rings (SSSR count). The van der Waals surface area contributed by atoms with E-state index in [2.05, 4.69) is 21.2 Å². The van der Waals surface area contributed by atoms with Crippen LogP contribution in [0, 0.1) is 0 Å². The van der Waals surface area contributed by atoms with Crippen molar-refractivity contribution in [3.05, 3.63) is 64.1 Å². The first kappa shape index (κ1) is 18.7. The first-order valence-electron chi connectivity index (χ1n) is 7.42. The largest absolute Gasteiger partial charge is 0.480 e. The molecule has 0 fully saturated rings. The Labute approximate surface area is 152 Å². The van der Waals surface area contributed by atoms with Crippen molar-refractivity contribution < 1.29 is 24.2 Å². The maximum absolute atomic E-state index is 12.2. The number of nitrogens with one attached hydrogen (secondary N) is 1. The van der Waals surface area contributed by atoms with Gasteiger partial charge in [-0.05, 0) is 42.0 Å². The van der Waals surface area contributed by atoms with Gasteiger partial charge in [0.15, 0.2) is 0 Å². The highest BCUT2D eigenvalue weighted by atomic mass is 79.9. The lowest BCUT2D eigenvalue weighted by Gasteiger charge is -2.15. The second kappa shape index (κ2) is 8.43. The number of carboxylic acids is 1.